The number of nitrogen functional groups attached to an aromatic ring is 1. The number of halogens is 6. The number of nitrogens with one attached hydrogen (secondary N) is 3. The standard InChI is InChI=1S/C36H46F6N6O2/c1-2-30(43)47-17-15-24(16-18-47)21-46-33(49)31(25-7-4-3-5-8-25)48(34(50)36(40,41)42)22-28(19-23-11-13-26(14-12-23)32(44)45)27-9-6-10-29(20-27)35(37,38)39/h6,9-14,20,24-25,28,31,43H,2-5,7-8,15-19,21-22H2,1H3,(H3,44,45)(H,46,49). The first-order chi connectivity index (χ1) is 23.6. The first kappa shape index (κ1) is 38.7. The Morgan fingerprint density at radius 1 is 0.960 bits per heavy atom. The molecular formula is C36H46F6N6O2. The van der Waals surface area contributed by atoms with E-state index in [0.29, 0.717) is 79.9 Å². The summed E-state index contributed by atoms with van der Waals surface area (Å²) in [5.41, 5.74) is 5.58. The molecule has 8 nitrogen and oxygen atoms in total. The lowest BCUT2D eigenvalue weighted by Gasteiger charge is -2.40. The summed E-state index contributed by atoms with van der Waals surface area (Å²) < 4.78 is 84.6. The van der Waals surface area contributed by atoms with Gasteiger partial charge in [0.25, 0.3) is 0 Å². The number of carbonyl (C=O) groups is 2. The van der Waals surface area contributed by atoms with Crippen molar-refractivity contribution in [3.8, 4) is 0 Å². The number of nitrogens with zero attached hydrogens (tertiary/aromatic N) is 2. The van der Waals surface area contributed by atoms with Gasteiger partial charge in [-0.2, -0.15) is 26.3 Å². The zero-order chi connectivity index (χ0) is 36.6. The molecule has 1 aliphatic carbocycles. The maximum Gasteiger partial charge on any atom is 0.471 e. The average molecular weight is 709 g/mol. The monoisotopic (exact) mass is 708 g/mol. The Kier molecular flexibility index (Phi) is 13.0. The number of rotatable bonds is 12. The number of carbonyl (C=O) groups excluding carboxylic acids is 2. The van der Waals surface area contributed by atoms with Crippen LogP contribution < -0.4 is 11.1 Å². The molecule has 2 aromatic carbocycles. The molecule has 0 aromatic heterocycles. The second-order valence-electron chi connectivity index (χ2n) is 13.4. The van der Waals surface area contributed by atoms with Gasteiger partial charge in [-0.15, -0.1) is 0 Å². The summed E-state index contributed by atoms with van der Waals surface area (Å²) >= 11 is 0. The molecule has 14 heteroatoms. The van der Waals surface area contributed by atoms with Crippen molar-refractivity contribution in [3.05, 3.63) is 70.8 Å². The summed E-state index contributed by atoms with van der Waals surface area (Å²) in [6, 6.07) is 9.09. The normalized spacial score (nSPS) is 17.5. The molecule has 0 bridgehead atoms. The molecule has 2 amide bonds. The highest BCUT2D eigenvalue weighted by molar-refractivity contribution is 5.95. The molecule has 274 valence electrons. The van der Waals surface area contributed by atoms with Crippen molar-refractivity contribution in [1.29, 1.82) is 10.8 Å². The average Bonchev–Trinajstić information content (AvgIpc) is 3.09. The van der Waals surface area contributed by atoms with Gasteiger partial charge in [-0.1, -0.05) is 68.7 Å². The van der Waals surface area contributed by atoms with Crippen molar-refractivity contribution in [3.63, 3.8) is 0 Å². The fourth-order valence-electron chi connectivity index (χ4n) is 7.12. The van der Waals surface area contributed by atoms with Gasteiger partial charge in [-0.3, -0.25) is 20.4 Å². The van der Waals surface area contributed by atoms with Crippen LogP contribution in [-0.4, -0.2) is 71.7 Å². The summed E-state index contributed by atoms with van der Waals surface area (Å²) in [6.45, 7) is 2.70. The first-order valence-electron chi connectivity index (χ1n) is 17.2. The van der Waals surface area contributed by atoms with Gasteiger partial charge in [0, 0.05) is 44.1 Å². The second kappa shape index (κ2) is 16.7. The molecule has 2 fully saturated rings. The van der Waals surface area contributed by atoms with Gasteiger partial charge in [0.1, 0.15) is 11.9 Å². The van der Waals surface area contributed by atoms with Gasteiger partial charge in [0.05, 0.1) is 11.4 Å². The van der Waals surface area contributed by atoms with Crippen LogP contribution >= 0.6 is 0 Å². The van der Waals surface area contributed by atoms with Crippen LogP contribution in [0.25, 0.3) is 0 Å². The summed E-state index contributed by atoms with van der Waals surface area (Å²) in [5, 5.41) is 18.6. The van der Waals surface area contributed by atoms with Crippen molar-refractivity contribution >= 4 is 23.5 Å². The largest absolute Gasteiger partial charge is 0.471 e. The molecule has 2 atom stereocenters. The fraction of sp³-hybridized carbons (Fsp3) is 0.556. The first-order valence-corrected chi connectivity index (χ1v) is 17.2. The van der Waals surface area contributed by atoms with Gasteiger partial charge in [-0.25, -0.2) is 0 Å². The summed E-state index contributed by atoms with van der Waals surface area (Å²) in [6.07, 6.45) is -5.11. The van der Waals surface area contributed by atoms with Crippen molar-refractivity contribution in [2.75, 3.05) is 26.2 Å². The molecule has 50 heavy (non-hydrogen) atoms. The minimum Gasteiger partial charge on any atom is -0.384 e. The van der Waals surface area contributed by atoms with Crippen molar-refractivity contribution in [1.82, 2.24) is 15.1 Å². The molecule has 5 N–H and O–H groups in total. The fourth-order valence-corrected chi connectivity index (χ4v) is 7.12. The number of nitrogens with two attached hydrogens (primary N) is 1. The Morgan fingerprint density at radius 2 is 1.60 bits per heavy atom. The van der Waals surface area contributed by atoms with Crippen LogP contribution in [0.1, 0.15) is 86.5 Å². The predicted molar refractivity (Wildman–Crippen MR) is 179 cm³/mol. The number of alkyl halides is 6. The van der Waals surface area contributed by atoms with E-state index in [4.69, 9.17) is 16.6 Å². The van der Waals surface area contributed by atoms with Crippen molar-refractivity contribution in [2.24, 2.45) is 17.6 Å². The van der Waals surface area contributed by atoms with Crippen molar-refractivity contribution < 1.29 is 35.9 Å². The molecule has 2 aliphatic rings. The second-order valence-corrected chi connectivity index (χ2v) is 13.4. The number of amides is 2. The lowest BCUT2D eigenvalue weighted by Crippen LogP contribution is -2.58. The Labute approximate surface area is 288 Å². The van der Waals surface area contributed by atoms with Crippen LogP contribution in [-0.2, 0) is 22.2 Å². The Bertz CT molecular complexity index is 1480. The highest BCUT2D eigenvalue weighted by Crippen LogP contribution is 2.36. The Morgan fingerprint density at radius 3 is 2.16 bits per heavy atom. The van der Waals surface area contributed by atoms with Crippen LogP contribution in [0.15, 0.2) is 48.5 Å². The van der Waals surface area contributed by atoms with Crippen LogP contribution in [0, 0.1) is 22.7 Å². The van der Waals surface area contributed by atoms with Crippen LogP contribution in [0.3, 0.4) is 0 Å². The molecule has 1 saturated heterocycles. The summed E-state index contributed by atoms with van der Waals surface area (Å²) in [5.74, 6) is -4.18. The van der Waals surface area contributed by atoms with E-state index in [9.17, 15) is 35.9 Å². The van der Waals surface area contributed by atoms with E-state index in [1.165, 1.54) is 24.3 Å². The maximum atomic E-state index is 14.4. The third-order valence-electron chi connectivity index (χ3n) is 9.95. The number of piperidine rings is 1. The van der Waals surface area contributed by atoms with Crippen molar-refractivity contribution in [2.45, 2.75) is 89.0 Å². The Balaban J connectivity index is 1.69. The highest BCUT2D eigenvalue weighted by Gasteiger charge is 2.49. The van der Waals surface area contributed by atoms with Crippen LogP contribution in [0.2, 0.25) is 0 Å². The number of hydrogen-bond acceptors (Lipinski definition) is 4. The van der Waals surface area contributed by atoms with Gasteiger partial charge < -0.3 is 20.9 Å². The van der Waals surface area contributed by atoms with Crippen LogP contribution in [0.4, 0.5) is 26.3 Å². The highest BCUT2D eigenvalue weighted by atomic mass is 19.4. The molecule has 1 heterocycles. The summed E-state index contributed by atoms with van der Waals surface area (Å²) in [4.78, 5) is 29.9. The number of benzene rings is 2. The van der Waals surface area contributed by atoms with E-state index in [2.05, 4.69) is 5.32 Å². The van der Waals surface area contributed by atoms with E-state index in [-0.39, 0.29) is 30.3 Å². The zero-order valence-corrected chi connectivity index (χ0v) is 28.2. The molecule has 2 unspecified atom stereocenters. The molecule has 2 aromatic rings. The zero-order valence-electron chi connectivity index (χ0n) is 28.2. The third-order valence-corrected chi connectivity index (χ3v) is 9.95. The number of likely N-dealkylation sites (tertiary alicyclic amines) is 1. The topological polar surface area (TPSA) is 126 Å². The quantitative estimate of drug-likeness (QED) is 0.109. The smallest absolute Gasteiger partial charge is 0.384 e. The van der Waals surface area contributed by atoms with E-state index in [1.54, 1.807) is 12.1 Å². The number of hydrogen-bond donors (Lipinski definition) is 4. The molecular weight excluding hydrogens is 662 g/mol. The van der Waals surface area contributed by atoms with Gasteiger partial charge in [-0.05, 0) is 61.1 Å². The molecule has 4 rings (SSSR count). The van der Waals surface area contributed by atoms with E-state index in [0.717, 1.165) is 18.6 Å². The van der Waals surface area contributed by atoms with E-state index >= 15 is 0 Å². The SMILES string of the molecule is CCC(=N)N1CCC(CNC(=O)C(C2CCCCC2)N(CC(Cc2ccc(C(=N)N)cc2)c2cccc(C(F)(F)F)c2)C(=O)C(F)(F)F)CC1. The summed E-state index contributed by atoms with van der Waals surface area (Å²) in [7, 11) is 0. The van der Waals surface area contributed by atoms with E-state index in [1.807, 2.05) is 11.8 Å². The van der Waals surface area contributed by atoms with E-state index < -0.39 is 54.2 Å². The lowest BCUT2D eigenvalue weighted by atomic mass is 9.81. The van der Waals surface area contributed by atoms with Gasteiger partial charge in [0.2, 0.25) is 5.91 Å². The number of amidine groups is 2. The maximum absolute atomic E-state index is 14.4. The minimum absolute atomic E-state index is 0.0365. The van der Waals surface area contributed by atoms with Gasteiger partial charge in [0.15, 0.2) is 0 Å². The lowest BCUT2D eigenvalue weighted by molar-refractivity contribution is -0.190. The predicted octanol–water partition coefficient (Wildman–Crippen LogP) is 6.87. The Hall–Kier alpha value is -4.10. The molecule has 1 saturated carbocycles. The minimum atomic E-state index is -5.34. The van der Waals surface area contributed by atoms with Crippen LogP contribution in [0.5, 0.6) is 0 Å². The van der Waals surface area contributed by atoms with Gasteiger partial charge >= 0.3 is 18.3 Å². The molecule has 1 aliphatic heterocycles. The molecule has 0 spiro atoms. The molecule has 0 radical (unpaired) electrons. The third kappa shape index (κ3) is 10.2.